The highest BCUT2D eigenvalue weighted by atomic mass is 32.2. The number of benzene rings is 1. The van der Waals surface area contributed by atoms with Crippen molar-refractivity contribution in [2.24, 2.45) is 0 Å². The first-order valence-corrected chi connectivity index (χ1v) is 6.22. The van der Waals surface area contributed by atoms with Gasteiger partial charge in [-0.25, -0.2) is 17.4 Å². The van der Waals surface area contributed by atoms with Crippen LogP contribution in [0.15, 0.2) is 35.5 Å². The van der Waals surface area contributed by atoms with Crippen LogP contribution < -0.4 is 0 Å². The lowest BCUT2D eigenvalue weighted by molar-refractivity contribution is 0.520. The monoisotopic (exact) mass is 253 g/mol. The maximum absolute atomic E-state index is 11.8. The van der Waals surface area contributed by atoms with Gasteiger partial charge < -0.3 is 0 Å². The molecule has 0 saturated heterocycles. The molecule has 7 nitrogen and oxygen atoms in total. The standard InChI is InChI=1S/C9H11N5O2S/c1-13(2)17(15,16)9-5-3-8(4-6-9)14-7-10-11-12-14/h3-7H,1-2H3. The largest absolute Gasteiger partial charge is 0.242 e. The molecule has 0 fully saturated rings. The summed E-state index contributed by atoms with van der Waals surface area (Å²) in [6.07, 6.45) is 1.44. The third-order valence-electron chi connectivity index (χ3n) is 2.23. The Morgan fingerprint density at radius 3 is 2.29 bits per heavy atom. The van der Waals surface area contributed by atoms with E-state index in [0.717, 1.165) is 0 Å². The van der Waals surface area contributed by atoms with Crippen LogP contribution in [0, 0.1) is 0 Å². The third kappa shape index (κ3) is 2.17. The van der Waals surface area contributed by atoms with Crippen molar-refractivity contribution in [1.29, 1.82) is 0 Å². The minimum atomic E-state index is -3.39. The van der Waals surface area contributed by atoms with Crippen LogP contribution in [-0.2, 0) is 10.0 Å². The van der Waals surface area contributed by atoms with E-state index in [-0.39, 0.29) is 4.90 Å². The fraction of sp³-hybridized carbons (Fsp3) is 0.222. The second-order valence-electron chi connectivity index (χ2n) is 3.54. The molecular formula is C9H11N5O2S. The molecule has 0 atom stereocenters. The van der Waals surface area contributed by atoms with Crippen LogP contribution >= 0.6 is 0 Å². The predicted octanol–water partition coefficient (Wildman–Crippen LogP) is -0.0874. The van der Waals surface area contributed by atoms with E-state index < -0.39 is 10.0 Å². The average Bonchev–Trinajstić information content (AvgIpc) is 2.82. The van der Waals surface area contributed by atoms with Gasteiger partial charge in [-0.15, -0.1) is 5.10 Å². The van der Waals surface area contributed by atoms with Gasteiger partial charge >= 0.3 is 0 Å². The lowest BCUT2D eigenvalue weighted by atomic mass is 10.3. The van der Waals surface area contributed by atoms with E-state index in [1.54, 1.807) is 12.1 Å². The molecule has 2 aromatic rings. The van der Waals surface area contributed by atoms with E-state index in [4.69, 9.17) is 0 Å². The summed E-state index contributed by atoms with van der Waals surface area (Å²) in [5.41, 5.74) is 0.702. The molecule has 17 heavy (non-hydrogen) atoms. The van der Waals surface area contributed by atoms with Gasteiger partial charge in [0.25, 0.3) is 0 Å². The second-order valence-corrected chi connectivity index (χ2v) is 5.69. The molecule has 1 aromatic heterocycles. The molecule has 0 amide bonds. The lowest BCUT2D eigenvalue weighted by Gasteiger charge is -2.11. The Kier molecular flexibility index (Phi) is 2.90. The van der Waals surface area contributed by atoms with Crippen LogP contribution in [0.2, 0.25) is 0 Å². The first-order chi connectivity index (χ1) is 8.01. The van der Waals surface area contributed by atoms with Crippen molar-refractivity contribution in [1.82, 2.24) is 24.5 Å². The van der Waals surface area contributed by atoms with Gasteiger partial charge in [-0.3, -0.25) is 0 Å². The van der Waals surface area contributed by atoms with Crippen molar-refractivity contribution in [3.8, 4) is 5.69 Å². The van der Waals surface area contributed by atoms with Gasteiger partial charge in [0, 0.05) is 14.1 Å². The van der Waals surface area contributed by atoms with E-state index in [9.17, 15) is 8.42 Å². The van der Waals surface area contributed by atoms with Crippen molar-refractivity contribution >= 4 is 10.0 Å². The van der Waals surface area contributed by atoms with Crippen molar-refractivity contribution in [3.63, 3.8) is 0 Å². The zero-order valence-electron chi connectivity index (χ0n) is 9.35. The van der Waals surface area contributed by atoms with Crippen LogP contribution in [0.25, 0.3) is 5.69 Å². The Bertz CT molecular complexity index is 589. The minimum Gasteiger partial charge on any atom is -0.207 e. The van der Waals surface area contributed by atoms with Crippen molar-refractivity contribution in [2.45, 2.75) is 4.90 Å². The molecule has 8 heteroatoms. The maximum Gasteiger partial charge on any atom is 0.242 e. The number of rotatable bonds is 3. The number of tetrazole rings is 1. The Morgan fingerprint density at radius 2 is 1.82 bits per heavy atom. The third-order valence-corrected chi connectivity index (χ3v) is 4.06. The first kappa shape index (κ1) is 11.7. The van der Waals surface area contributed by atoms with Gasteiger partial charge in [-0.2, -0.15) is 0 Å². The highest BCUT2D eigenvalue weighted by Crippen LogP contribution is 2.15. The van der Waals surface area contributed by atoms with E-state index in [0.29, 0.717) is 5.69 Å². The summed E-state index contributed by atoms with van der Waals surface area (Å²) in [5.74, 6) is 0. The number of nitrogens with zero attached hydrogens (tertiary/aromatic N) is 5. The van der Waals surface area contributed by atoms with Gasteiger partial charge in [0.2, 0.25) is 10.0 Å². The molecule has 0 radical (unpaired) electrons. The highest BCUT2D eigenvalue weighted by molar-refractivity contribution is 7.89. The Labute approximate surface area is 98.7 Å². The Hall–Kier alpha value is -1.80. The van der Waals surface area contributed by atoms with E-state index in [2.05, 4.69) is 15.5 Å². The zero-order chi connectivity index (χ0) is 12.5. The van der Waals surface area contributed by atoms with Gasteiger partial charge in [-0.1, -0.05) is 0 Å². The number of hydrogen-bond acceptors (Lipinski definition) is 5. The SMILES string of the molecule is CN(C)S(=O)(=O)c1ccc(-n2cnnn2)cc1. The van der Waals surface area contributed by atoms with Gasteiger partial charge in [0.1, 0.15) is 6.33 Å². The molecule has 90 valence electrons. The Balaban J connectivity index is 2.38. The molecule has 2 rings (SSSR count). The highest BCUT2D eigenvalue weighted by Gasteiger charge is 2.16. The van der Waals surface area contributed by atoms with Crippen LogP contribution in [0.3, 0.4) is 0 Å². The molecule has 0 spiro atoms. The Morgan fingerprint density at radius 1 is 1.18 bits per heavy atom. The fourth-order valence-corrected chi connectivity index (χ4v) is 2.16. The summed E-state index contributed by atoms with van der Waals surface area (Å²) in [4.78, 5) is 0.235. The number of aromatic nitrogens is 4. The van der Waals surface area contributed by atoms with Gasteiger partial charge in [-0.05, 0) is 34.7 Å². The topological polar surface area (TPSA) is 81.0 Å². The average molecular weight is 253 g/mol. The first-order valence-electron chi connectivity index (χ1n) is 4.78. The van der Waals surface area contributed by atoms with Crippen LogP contribution in [-0.4, -0.2) is 47.0 Å². The predicted molar refractivity (Wildman–Crippen MR) is 60.0 cm³/mol. The molecule has 0 N–H and O–H groups in total. The van der Waals surface area contributed by atoms with Crippen LogP contribution in [0.5, 0.6) is 0 Å². The quantitative estimate of drug-likeness (QED) is 0.763. The molecule has 0 aliphatic carbocycles. The molecule has 0 aliphatic rings. The smallest absolute Gasteiger partial charge is 0.207 e. The van der Waals surface area contributed by atoms with Crippen molar-refractivity contribution < 1.29 is 8.42 Å². The van der Waals surface area contributed by atoms with Gasteiger partial charge in [0.05, 0.1) is 10.6 Å². The van der Waals surface area contributed by atoms with E-state index in [1.807, 2.05) is 0 Å². The van der Waals surface area contributed by atoms with Crippen molar-refractivity contribution in [3.05, 3.63) is 30.6 Å². The normalized spacial score (nSPS) is 11.9. The number of hydrogen-bond donors (Lipinski definition) is 0. The summed E-state index contributed by atoms with van der Waals surface area (Å²) in [6, 6.07) is 6.33. The van der Waals surface area contributed by atoms with E-state index >= 15 is 0 Å². The molecular weight excluding hydrogens is 242 g/mol. The molecule has 1 aromatic carbocycles. The summed E-state index contributed by atoms with van der Waals surface area (Å²) >= 11 is 0. The zero-order valence-corrected chi connectivity index (χ0v) is 10.2. The summed E-state index contributed by atoms with van der Waals surface area (Å²) in [6.45, 7) is 0. The van der Waals surface area contributed by atoms with Crippen LogP contribution in [0.4, 0.5) is 0 Å². The molecule has 0 unspecified atom stereocenters. The summed E-state index contributed by atoms with van der Waals surface area (Å²) in [5, 5.41) is 10.7. The molecule has 0 saturated carbocycles. The summed E-state index contributed by atoms with van der Waals surface area (Å²) in [7, 11) is -0.409. The van der Waals surface area contributed by atoms with Crippen molar-refractivity contribution in [2.75, 3.05) is 14.1 Å². The number of sulfonamides is 1. The maximum atomic E-state index is 11.8. The van der Waals surface area contributed by atoms with Crippen LogP contribution in [0.1, 0.15) is 0 Å². The molecule has 0 aliphatic heterocycles. The second kappa shape index (κ2) is 4.22. The fourth-order valence-electron chi connectivity index (χ4n) is 1.26. The van der Waals surface area contributed by atoms with Gasteiger partial charge in [0.15, 0.2) is 0 Å². The molecule has 0 bridgehead atoms. The van der Waals surface area contributed by atoms with E-state index in [1.165, 1.54) is 41.5 Å². The minimum absolute atomic E-state index is 0.235. The lowest BCUT2D eigenvalue weighted by Crippen LogP contribution is -2.22. The summed E-state index contributed by atoms with van der Waals surface area (Å²) < 4.78 is 26.2. The molecule has 1 heterocycles.